The molecule has 3 aromatic carbocycles. The molecule has 4 aromatic rings. The van der Waals surface area contributed by atoms with E-state index < -0.39 is 5.60 Å². The van der Waals surface area contributed by atoms with Crippen molar-refractivity contribution in [1.82, 2.24) is 20.1 Å². The van der Waals surface area contributed by atoms with E-state index in [-0.39, 0.29) is 17.7 Å². The molecule has 7 rings (SSSR count). The molecule has 8 nitrogen and oxygen atoms in total. The number of piperidine rings is 1. The van der Waals surface area contributed by atoms with Gasteiger partial charge in [-0.05, 0) is 68.9 Å². The van der Waals surface area contributed by atoms with Crippen LogP contribution in [0.1, 0.15) is 45.1 Å². The van der Waals surface area contributed by atoms with Gasteiger partial charge in [-0.25, -0.2) is 0 Å². The molecule has 2 N–H and O–H groups in total. The van der Waals surface area contributed by atoms with Crippen LogP contribution >= 0.6 is 0 Å². The number of benzene rings is 3. The van der Waals surface area contributed by atoms with Crippen LogP contribution in [0.25, 0.3) is 22.0 Å². The van der Waals surface area contributed by atoms with Crippen molar-refractivity contribution < 1.29 is 14.3 Å². The second-order valence-corrected chi connectivity index (χ2v) is 13.6. The van der Waals surface area contributed by atoms with Gasteiger partial charge in [0.1, 0.15) is 5.75 Å². The summed E-state index contributed by atoms with van der Waals surface area (Å²) in [5.74, 6) is 0.907. The maximum Gasteiger partial charge on any atom is 0.266 e. The van der Waals surface area contributed by atoms with E-state index in [4.69, 9.17) is 4.74 Å². The van der Waals surface area contributed by atoms with Gasteiger partial charge >= 0.3 is 0 Å². The summed E-state index contributed by atoms with van der Waals surface area (Å²) in [4.78, 5) is 37.0. The Balaban J connectivity index is 1.01. The molecule has 3 heterocycles. The minimum absolute atomic E-state index is 0.0100. The van der Waals surface area contributed by atoms with Crippen molar-refractivity contribution in [2.24, 2.45) is 5.92 Å². The van der Waals surface area contributed by atoms with E-state index in [2.05, 4.69) is 74.8 Å². The number of nitrogens with zero attached hydrogens (tertiary/aromatic N) is 3. The molecule has 0 bridgehead atoms. The number of para-hydroxylation sites is 1. The standard InChI is InChI=1S/C38H45N5O3/c1-38(2,37(45)41-21-18-39-19-22-41)46-32-9-5-8-31(23-32)42-20-6-7-29(26-42)36(44)43(30-16-17-30)25-27-12-14-28(15-13-27)34-24-40-35-11-4-3-10-33(34)35/h3-5,8-15,23-24,29-30,39-40H,6-7,16-22,25-26H2,1-2H3. The highest BCUT2D eigenvalue weighted by Crippen LogP contribution is 2.34. The van der Waals surface area contributed by atoms with Crippen molar-refractivity contribution in [3.63, 3.8) is 0 Å². The predicted molar refractivity (Wildman–Crippen MR) is 183 cm³/mol. The number of amides is 2. The molecule has 1 aliphatic carbocycles. The van der Waals surface area contributed by atoms with Crippen LogP contribution in [-0.2, 0) is 16.1 Å². The maximum absolute atomic E-state index is 14.1. The Morgan fingerprint density at radius 3 is 2.50 bits per heavy atom. The van der Waals surface area contributed by atoms with Gasteiger partial charge in [0.15, 0.2) is 5.60 Å². The number of aromatic nitrogens is 1. The zero-order chi connectivity index (χ0) is 31.7. The normalized spacial score (nSPS) is 18.9. The number of carbonyl (C=O) groups is 2. The summed E-state index contributed by atoms with van der Waals surface area (Å²) in [6.45, 7) is 8.94. The van der Waals surface area contributed by atoms with E-state index in [1.807, 2.05) is 43.0 Å². The fourth-order valence-corrected chi connectivity index (χ4v) is 7.05. The second kappa shape index (κ2) is 12.8. The summed E-state index contributed by atoms with van der Waals surface area (Å²) in [5, 5.41) is 4.52. The number of fused-ring (bicyclic) bond motifs is 1. The zero-order valence-corrected chi connectivity index (χ0v) is 27.0. The third-order valence-corrected chi connectivity index (χ3v) is 9.72. The first-order chi connectivity index (χ1) is 22.4. The first-order valence-electron chi connectivity index (χ1n) is 16.9. The van der Waals surface area contributed by atoms with Crippen LogP contribution in [0.2, 0.25) is 0 Å². The van der Waals surface area contributed by atoms with Crippen molar-refractivity contribution in [1.29, 1.82) is 0 Å². The molecule has 0 radical (unpaired) electrons. The highest BCUT2D eigenvalue weighted by molar-refractivity contribution is 5.95. The van der Waals surface area contributed by atoms with E-state index in [9.17, 15) is 9.59 Å². The molecule has 1 atom stereocenters. The molecule has 1 saturated carbocycles. The molecule has 46 heavy (non-hydrogen) atoms. The summed E-state index contributed by atoms with van der Waals surface area (Å²) in [7, 11) is 0. The highest BCUT2D eigenvalue weighted by atomic mass is 16.5. The molecular weight excluding hydrogens is 574 g/mol. The quantitative estimate of drug-likeness (QED) is 0.247. The van der Waals surface area contributed by atoms with Gasteiger partial charge in [-0.2, -0.15) is 0 Å². The van der Waals surface area contributed by atoms with Crippen LogP contribution in [0.4, 0.5) is 5.69 Å². The number of anilines is 1. The highest BCUT2D eigenvalue weighted by Gasteiger charge is 2.38. The zero-order valence-electron chi connectivity index (χ0n) is 27.0. The molecule has 2 saturated heterocycles. The molecule has 0 spiro atoms. The van der Waals surface area contributed by atoms with Gasteiger partial charge in [0.25, 0.3) is 5.91 Å². The molecule has 8 heteroatoms. The van der Waals surface area contributed by atoms with Crippen LogP contribution in [0.3, 0.4) is 0 Å². The molecule has 1 unspecified atom stereocenters. The Hall–Kier alpha value is -4.30. The van der Waals surface area contributed by atoms with Crippen molar-refractivity contribution in [2.45, 2.75) is 57.7 Å². The molecule has 1 aromatic heterocycles. The largest absolute Gasteiger partial charge is 0.478 e. The molecule has 3 fully saturated rings. The Labute approximate surface area is 271 Å². The summed E-state index contributed by atoms with van der Waals surface area (Å²) in [5.41, 5.74) is 4.75. The van der Waals surface area contributed by atoms with E-state index >= 15 is 0 Å². The van der Waals surface area contributed by atoms with Crippen LogP contribution in [0.15, 0.2) is 79.0 Å². The van der Waals surface area contributed by atoms with E-state index in [1.54, 1.807) is 0 Å². The molecule has 2 aliphatic heterocycles. The van der Waals surface area contributed by atoms with Gasteiger partial charge in [0.2, 0.25) is 5.91 Å². The summed E-state index contributed by atoms with van der Waals surface area (Å²) >= 11 is 0. The predicted octanol–water partition coefficient (Wildman–Crippen LogP) is 5.83. The summed E-state index contributed by atoms with van der Waals surface area (Å²) in [6.07, 6.45) is 6.10. The minimum Gasteiger partial charge on any atom is -0.478 e. The number of nitrogens with one attached hydrogen (secondary N) is 2. The van der Waals surface area contributed by atoms with Gasteiger partial charge in [-0.15, -0.1) is 0 Å². The first-order valence-corrected chi connectivity index (χ1v) is 16.9. The summed E-state index contributed by atoms with van der Waals surface area (Å²) in [6, 6.07) is 25.4. The molecule has 240 valence electrons. The topological polar surface area (TPSA) is 80.9 Å². The van der Waals surface area contributed by atoms with Crippen molar-refractivity contribution in [2.75, 3.05) is 44.2 Å². The fourth-order valence-electron chi connectivity index (χ4n) is 7.05. The second-order valence-electron chi connectivity index (χ2n) is 13.6. The van der Waals surface area contributed by atoms with Crippen molar-refractivity contribution in [3.05, 3.63) is 84.6 Å². The van der Waals surface area contributed by atoms with E-state index in [0.29, 0.717) is 38.0 Å². The number of piperazine rings is 1. The van der Waals surface area contributed by atoms with Crippen LogP contribution in [-0.4, -0.2) is 77.5 Å². The number of carbonyl (C=O) groups excluding carboxylic acids is 2. The Bertz CT molecular complexity index is 1690. The smallest absolute Gasteiger partial charge is 0.266 e. The Kier molecular flexibility index (Phi) is 8.47. The number of rotatable bonds is 9. The third kappa shape index (κ3) is 6.49. The van der Waals surface area contributed by atoms with E-state index in [0.717, 1.165) is 56.5 Å². The first kappa shape index (κ1) is 30.4. The SMILES string of the molecule is CC(C)(Oc1cccc(N2CCCC(C(=O)N(Cc3ccc(-c4c[nH]c5ccccc45)cc3)C3CC3)C2)c1)C(=O)N1CCNCC1. The van der Waals surface area contributed by atoms with Crippen molar-refractivity contribution >= 4 is 28.4 Å². The fraction of sp³-hybridized carbons (Fsp3) is 0.421. The van der Waals surface area contributed by atoms with Gasteiger partial charge < -0.3 is 29.7 Å². The van der Waals surface area contributed by atoms with Gasteiger partial charge in [0, 0.05) is 86.3 Å². The van der Waals surface area contributed by atoms with Gasteiger partial charge in [0.05, 0.1) is 5.92 Å². The van der Waals surface area contributed by atoms with E-state index in [1.165, 1.54) is 22.1 Å². The number of hydrogen-bond acceptors (Lipinski definition) is 5. The van der Waals surface area contributed by atoms with Crippen LogP contribution in [0.5, 0.6) is 5.75 Å². The minimum atomic E-state index is -0.964. The maximum atomic E-state index is 14.1. The van der Waals surface area contributed by atoms with Crippen LogP contribution in [0, 0.1) is 5.92 Å². The van der Waals surface area contributed by atoms with Gasteiger partial charge in [-0.3, -0.25) is 9.59 Å². The van der Waals surface area contributed by atoms with Crippen molar-refractivity contribution in [3.8, 4) is 16.9 Å². The number of hydrogen-bond donors (Lipinski definition) is 2. The lowest BCUT2D eigenvalue weighted by Crippen LogP contribution is -2.54. The van der Waals surface area contributed by atoms with Gasteiger partial charge in [-0.1, -0.05) is 48.5 Å². The third-order valence-electron chi connectivity index (χ3n) is 9.72. The summed E-state index contributed by atoms with van der Waals surface area (Å²) < 4.78 is 6.30. The number of aromatic amines is 1. The number of ether oxygens (including phenoxy) is 1. The molecule has 3 aliphatic rings. The van der Waals surface area contributed by atoms with Crippen LogP contribution < -0.4 is 15.0 Å². The lowest BCUT2D eigenvalue weighted by Gasteiger charge is -2.37. The lowest BCUT2D eigenvalue weighted by molar-refractivity contribution is -0.146. The lowest BCUT2D eigenvalue weighted by atomic mass is 9.95. The Morgan fingerprint density at radius 2 is 1.72 bits per heavy atom. The molecule has 2 amide bonds. The number of H-pyrrole nitrogens is 1. The molecular formula is C38H45N5O3. The average Bonchev–Trinajstić information content (AvgIpc) is 3.85. The average molecular weight is 620 g/mol. The Morgan fingerprint density at radius 1 is 0.935 bits per heavy atom. The monoisotopic (exact) mass is 619 g/mol.